The Morgan fingerprint density at radius 1 is 1.08 bits per heavy atom. The van der Waals surface area contributed by atoms with E-state index >= 15 is 0 Å². The van der Waals surface area contributed by atoms with Gasteiger partial charge in [-0.2, -0.15) is 5.26 Å². The molecule has 2 aromatic rings. The van der Waals surface area contributed by atoms with Crippen LogP contribution in [0.1, 0.15) is 37.5 Å². The number of carbonyl (C=O) groups excluding carboxylic acids is 1. The number of carbonyl (C=O) groups is 1. The van der Waals surface area contributed by atoms with Crippen molar-refractivity contribution in [3.05, 3.63) is 70.9 Å². The number of nitrogens with zero attached hydrogens (tertiary/aromatic N) is 1. The topological polar surface area (TPSA) is 64.9 Å². The van der Waals surface area contributed by atoms with Crippen molar-refractivity contribution in [2.75, 3.05) is 10.6 Å². The molecule has 134 valence electrons. The van der Waals surface area contributed by atoms with Gasteiger partial charge in [-0.3, -0.25) is 4.79 Å². The van der Waals surface area contributed by atoms with Crippen molar-refractivity contribution >= 4 is 17.3 Å². The molecule has 0 atom stereocenters. The molecular formula is C22H25N3O. The number of nitriles is 1. The van der Waals surface area contributed by atoms with Crippen LogP contribution in [-0.4, -0.2) is 5.91 Å². The minimum Gasteiger partial charge on any atom is -0.360 e. The van der Waals surface area contributed by atoms with Gasteiger partial charge in [0.25, 0.3) is 5.91 Å². The number of aryl methyl sites for hydroxylation is 1. The second-order valence-electron chi connectivity index (χ2n) is 7.34. The summed E-state index contributed by atoms with van der Waals surface area (Å²) >= 11 is 0. The first-order valence-corrected chi connectivity index (χ1v) is 8.57. The van der Waals surface area contributed by atoms with Gasteiger partial charge in [0, 0.05) is 17.6 Å². The van der Waals surface area contributed by atoms with E-state index in [-0.39, 0.29) is 11.0 Å². The van der Waals surface area contributed by atoms with Gasteiger partial charge < -0.3 is 10.6 Å². The highest BCUT2D eigenvalue weighted by Crippen LogP contribution is 2.23. The van der Waals surface area contributed by atoms with Crippen molar-refractivity contribution in [1.82, 2.24) is 0 Å². The molecule has 0 saturated carbocycles. The Morgan fingerprint density at radius 3 is 2.31 bits per heavy atom. The van der Waals surface area contributed by atoms with E-state index in [1.807, 2.05) is 62.4 Å². The second kappa shape index (κ2) is 7.88. The number of nitrogens with one attached hydrogen (secondary N) is 2. The molecular weight excluding hydrogens is 322 g/mol. The standard InChI is InChI=1S/C22H25N3O/c1-15-7-6-8-20(16(15)2)25-21(26)17(13-23)14-24-19-11-9-18(10-12-19)22(3,4)5/h6-12,14,24H,1-5H3,(H,25,26)/b17-14-. The molecule has 0 aliphatic carbocycles. The van der Waals surface area contributed by atoms with Crippen molar-refractivity contribution < 1.29 is 4.79 Å². The van der Waals surface area contributed by atoms with Crippen molar-refractivity contribution in [2.45, 2.75) is 40.0 Å². The summed E-state index contributed by atoms with van der Waals surface area (Å²) in [5.41, 5.74) is 4.94. The molecule has 0 radical (unpaired) electrons. The van der Waals surface area contributed by atoms with E-state index in [9.17, 15) is 10.1 Å². The number of amides is 1. The monoisotopic (exact) mass is 347 g/mol. The molecule has 0 heterocycles. The third kappa shape index (κ3) is 4.73. The number of anilines is 2. The van der Waals surface area contributed by atoms with E-state index in [0.29, 0.717) is 5.69 Å². The van der Waals surface area contributed by atoms with Crippen LogP contribution < -0.4 is 10.6 Å². The molecule has 2 rings (SSSR count). The van der Waals surface area contributed by atoms with Crippen LogP contribution >= 0.6 is 0 Å². The van der Waals surface area contributed by atoms with Crippen LogP contribution in [0, 0.1) is 25.2 Å². The van der Waals surface area contributed by atoms with Gasteiger partial charge in [-0.05, 0) is 54.2 Å². The SMILES string of the molecule is Cc1cccc(NC(=O)/C(C#N)=C\Nc2ccc(C(C)(C)C)cc2)c1C. The highest BCUT2D eigenvalue weighted by molar-refractivity contribution is 6.07. The molecule has 0 aromatic heterocycles. The summed E-state index contributed by atoms with van der Waals surface area (Å²) in [5, 5.41) is 15.1. The summed E-state index contributed by atoms with van der Waals surface area (Å²) in [6.45, 7) is 10.4. The Balaban J connectivity index is 2.11. The summed E-state index contributed by atoms with van der Waals surface area (Å²) < 4.78 is 0. The lowest BCUT2D eigenvalue weighted by Gasteiger charge is -2.19. The maximum absolute atomic E-state index is 12.4. The Labute approximate surface area is 155 Å². The summed E-state index contributed by atoms with van der Waals surface area (Å²) in [6.07, 6.45) is 1.44. The van der Waals surface area contributed by atoms with Crippen LogP contribution in [0.25, 0.3) is 0 Å². The van der Waals surface area contributed by atoms with E-state index in [0.717, 1.165) is 16.8 Å². The molecule has 0 unspecified atom stereocenters. The highest BCUT2D eigenvalue weighted by atomic mass is 16.1. The average Bonchev–Trinajstić information content (AvgIpc) is 2.59. The van der Waals surface area contributed by atoms with E-state index < -0.39 is 5.91 Å². The van der Waals surface area contributed by atoms with Crippen LogP contribution in [0.5, 0.6) is 0 Å². The fourth-order valence-electron chi connectivity index (χ4n) is 2.45. The zero-order chi connectivity index (χ0) is 19.3. The number of hydrogen-bond acceptors (Lipinski definition) is 3. The summed E-state index contributed by atoms with van der Waals surface area (Å²) in [7, 11) is 0. The molecule has 2 aromatic carbocycles. The molecule has 0 spiro atoms. The van der Waals surface area contributed by atoms with Gasteiger partial charge in [0.1, 0.15) is 11.6 Å². The fourth-order valence-corrected chi connectivity index (χ4v) is 2.45. The zero-order valence-electron chi connectivity index (χ0n) is 16.0. The largest absolute Gasteiger partial charge is 0.360 e. The molecule has 0 fully saturated rings. The minimum absolute atomic E-state index is 0.0193. The minimum atomic E-state index is -0.431. The molecule has 0 bridgehead atoms. The third-order valence-corrected chi connectivity index (χ3v) is 4.35. The first kappa shape index (κ1) is 19.3. The molecule has 0 saturated heterocycles. The predicted octanol–water partition coefficient (Wildman–Crippen LogP) is 5.06. The van der Waals surface area contributed by atoms with Gasteiger partial charge >= 0.3 is 0 Å². The summed E-state index contributed by atoms with van der Waals surface area (Å²) in [5.74, 6) is -0.431. The van der Waals surface area contributed by atoms with Crippen LogP contribution in [0.3, 0.4) is 0 Å². The normalized spacial score (nSPS) is 11.6. The van der Waals surface area contributed by atoms with Crippen LogP contribution in [0.4, 0.5) is 11.4 Å². The first-order chi connectivity index (χ1) is 12.2. The van der Waals surface area contributed by atoms with E-state index in [1.54, 1.807) is 0 Å². The van der Waals surface area contributed by atoms with Gasteiger partial charge in [0.15, 0.2) is 0 Å². The van der Waals surface area contributed by atoms with E-state index in [2.05, 4.69) is 31.4 Å². The van der Waals surface area contributed by atoms with Gasteiger partial charge in [-0.25, -0.2) is 0 Å². The highest BCUT2D eigenvalue weighted by Gasteiger charge is 2.13. The van der Waals surface area contributed by atoms with Gasteiger partial charge in [0.2, 0.25) is 0 Å². The lowest BCUT2D eigenvalue weighted by molar-refractivity contribution is -0.112. The molecule has 0 aliphatic rings. The fraction of sp³-hybridized carbons (Fsp3) is 0.273. The van der Waals surface area contributed by atoms with E-state index in [1.165, 1.54) is 11.8 Å². The number of rotatable bonds is 4. The summed E-state index contributed by atoms with van der Waals surface area (Å²) in [6, 6.07) is 15.6. The lowest BCUT2D eigenvalue weighted by Crippen LogP contribution is -2.15. The van der Waals surface area contributed by atoms with Gasteiger partial charge in [-0.15, -0.1) is 0 Å². The quantitative estimate of drug-likeness (QED) is 0.600. The molecule has 26 heavy (non-hydrogen) atoms. The second-order valence-corrected chi connectivity index (χ2v) is 7.34. The average molecular weight is 347 g/mol. The molecule has 2 N–H and O–H groups in total. The van der Waals surface area contributed by atoms with E-state index in [4.69, 9.17) is 0 Å². The molecule has 1 amide bonds. The smallest absolute Gasteiger partial charge is 0.267 e. The van der Waals surface area contributed by atoms with Gasteiger partial charge in [-0.1, -0.05) is 45.0 Å². The Morgan fingerprint density at radius 2 is 1.73 bits per heavy atom. The lowest BCUT2D eigenvalue weighted by atomic mass is 9.87. The number of benzene rings is 2. The molecule has 0 aliphatic heterocycles. The third-order valence-electron chi connectivity index (χ3n) is 4.35. The van der Waals surface area contributed by atoms with Crippen LogP contribution in [0.15, 0.2) is 54.2 Å². The van der Waals surface area contributed by atoms with Crippen molar-refractivity contribution in [3.63, 3.8) is 0 Å². The summed E-state index contributed by atoms with van der Waals surface area (Å²) in [4.78, 5) is 12.4. The maximum atomic E-state index is 12.4. The Bertz CT molecular complexity index is 866. The Hall–Kier alpha value is -3.06. The van der Waals surface area contributed by atoms with Crippen molar-refractivity contribution in [1.29, 1.82) is 5.26 Å². The van der Waals surface area contributed by atoms with Crippen LogP contribution in [-0.2, 0) is 10.2 Å². The predicted molar refractivity (Wildman–Crippen MR) is 107 cm³/mol. The number of hydrogen-bond donors (Lipinski definition) is 2. The maximum Gasteiger partial charge on any atom is 0.267 e. The zero-order valence-corrected chi connectivity index (χ0v) is 16.0. The van der Waals surface area contributed by atoms with Crippen molar-refractivity contribution in [3.8, 4) is 6.07 Å². The Kier molecular flexibility index (Phi) is 5.84. The first-order valence-electron chi connectivity index (χ1n) is 8.57. The van der Waals surface area contributed by atoms with Crippen LogP contribution in [0.2, 0.25) is 0 Å². The van der Waals surface area contributed by atoms with Crippen molar-refractivity contribution in [2.24, 2.45) is 0 Å². The van der Waals surface area contributed by atoms with Gasteiger partial charge in [0.05, 0.1) is 0 Å². The molecule has 4 nitrogen and oxygen atoms in total. The molecule has 4 heteroatoms.